The van der Waals surface area contributed by atoms with Crippen LogP contribution in [0.2, 0.25) is 0 Å². The molecule has 100 valence electrons. The van der Waals surface area contributed by atoms with Gasteiger partial charge in [-0.1, -0.05) is 38.8 Å². The Morgan fingerprint density at radius 1 is 1.22 bits per heavy atom. The Hall–Kier alpha value is -1.02. The molecule has 1 atom stereocenters. The van der Waals surface area contributed by atoms with Crippen LogP contribution in [0.15, 0.2) is 24.3 Å². The lowest BCUT2D eigenvalue weighted by atomic mass is 9.63. The van der Waals surface area contributed by atoms with Gasteiger partial charge in [-0.05, 0) is 42.9 Å². The number of nitrogens with one attached hydrogen (secondary N) is 1. The predicted octanol–water partition coefficient (Wildman–Crippen LogP) is 3.70. The number of anilines is 1. The average Bonchev–Trinajstić information content (AvgIpc) is 2.32. The summed E-state index contributed by atoms with van der Waals surface area (Å²) >= 11 is 0. The topological polar surface area (TPSA) is 38.0 Å². The van der Waals surface area contributed by atoms with Gasteiger partial charge in [0, 0.05) is 12.2 Å². The zero-order chi connectivity index (χ0) is 13.2. The number of nitrogens with two attached hydrogens (primary N) is 1. The summed E-state index contributed by atoms with van der Waals surface area (Å²) in [5.74, 6) is 0. The second kappa shape index (κ2) is 4.93. The van der Waals surface area contributed by atoms with Crippen molar-refractivity contribution in [3.05, 3.63) is 29.8 Å². The SMILES string of the molecule is Cc1cccc(NC2(CN)CCCCC2(C)C)c1. The maximum Gasteiger partial charge on any atom is 0.0546 e. The van der Waals surface area contributed by atoms with Gasteiger partial charge < -0.3 is 11.1 Å². The van der Waals surface area contributed by atoms with Gasteiger partial charge in [0.1, 0.15) is 0 Å². The van der Waals surface area contributed by atoms with E-state index in [0.29, 0.717) is 6.54 Å². The molecule has 0 spiro atoms. The van der Waals surface area contributed by atoms with Gasteiger partial charge >= 0.3 is 0 Å². The monoisotopic (exact) mass is 246 g/mol. The first-order valence-electron chi connectivity index (χ1n) is 7.04. The Balaban J connectivity index is 2.27. The molecule has 1 aromatic rings. The molecule has 0 aliphatic heterocycles. The second-order valence-corrected chi connectivity index (χ2v) is 6.37. The number of benzene rings is 1. The highest BCUT2D eigenvalue weighted by Crippen LogP contribution is 2.45. The van der Waals surface area contributed by atoms with Crippen LogP contribution in [-0.4, -0.2) is 12.1 Å². The lowest BCUT2D eigenvalue weighted by molar-refractivity contribution is 0.125. The van der Waals surface area contributed by atoms with Crippen LogP contribution in [0.1, 0.15) is 45.1 Å². The summed E-state index contributed by atoms with van der Waals surface area (Å²) in [6.45, 7) is 7.53. The fourth-order valence-corrected chi connectivity index (χ4v) is 3.23. The molecule has 2 rings (SSSR count). The predicted molar refractivity (Wildman–Crippen MR) is 78.8 cm³/mol. The Labute approximate surface area is 111 Å². The maximum atomic E-state index is 6.14. The Kier molecular flexibility index (Phi) is 3.67. The van der Waals surface area contributed by atoms with Crippen molar-refractivity contribution in [3.63, 3.8) is 0 Å². The molecule has 1 saturated carbocycles. The molecule has 0 bridgehead atoms. The van der Waals surface area contributed by atoms with E-state index in [2.05, 4.69) is 50.4 Å². The highest BCUT2D eigenvalue weighted by atomic mass is 15.0. The third-order valence-electron chi connectivity index (χ3n) is 4.70. The summed E-state index contributed by atoms with van der Waals surface area (Å²) in [4.78, 5) is 0. The van der Waals surface area contributed by atoms with Crippen molar-refractivity contribution in [2.75, 3.05) is 11.9 Å². The van der Waals surface area contributed by atoms with E-state index in [-0.39, 0.29) is 11.0 Å². The molecular weight excluding hydrogens is 220 g/mol. The van der Waals surface area contributed by atoms with Crippen LogP contribution in [0.3, 0.4) is 0 Å². The van der Waals surface area contributed by atoms with Crippen molar-refractivity contribution in [1.29, 1.82) is 0 Å². The fraction of sp³-hybridized carbons (Fsp3) is 0.625. The third-order valence-corrected chi connectivity index (χ3v) is 4.70. The molecule has 2 heteroatoms. The lowest BCUT2D eigenvalue weighted by Gasteiger charge is -2.51. The van der Waals surface area contributed by atoms with Gasteiger partial charge in [0.05, 0.1) is 5.54 Å². The van der Waals surface area contributed by atoms with Gasteiger partial charge in [-0.2, -0.15) is 0 Å². The molecule has 1 unspecified atom stereocenters. The number of hydrogen-bond donors (Lipinski definition) is 2. The van der Waals surface area contributed by atoms with Crippen molar-refractivity contribution in [3.8, 4) is 0 Å². The molecule has 1 aliphatic carbocycles. The van der Waals surface area contributed by atoms with Gasteiger partial charge in [0.2, 0.25) is 0 Å². The molecule has 1 aromatic carbocycles. The van der Waals surface area contributed by atoms with E-state index in [0.717, 1.165) is 0 Å². The van der Waals surface area contributed by atoms with Crippen LogP contribution in [0.5, 0.6) is 0 Å². The van der Waals surface area contributed by atoms with E-state index >= 15 is 0 Å². The van der Waals surface area contributed by atoms with Crippen LogP contribution in [0, 0.1) is 12.3 Å². The fourth-order valence-electron chi connectivity index (χ4n) is 3.23. The minimum Gasteiger partial charge on any atom is -0.378 e. The van der Waals surface area contributed by atoms with Crippen LogP contribution < -0.4 is 11.1 Å². The van der Waals surface area contributed by atoms with E-state index in [1.54, 1.807) is 0 Å². The first-order chi connectivity index (χ1) is 8.49. The Morgan fingerprint density at radius 3 is 2.56 bits per heavy atom. The molecule has 18 heavy (non-hydrogen) atoms. The van der Waals surface area contributed by atoms with Crippen LogP contribution >= 0.6 is 0 Å². The van der Waals surface area contributed by atoms with Crippen LogP contribution in [0.25, 0.3) is 0 Å². The third kappa shape index (κ3) is 2.39. The number of rotatable bonds is 3. The average molecular weight is 246 g/mol. The molecule has 1 fully saturated rings. The van der Waals surface area contributed by atoms with E-state index in [1.165, 1.54) is 36.9 Å². The quantitative estimate of drug-likeness (QED) is 0.853. The van der Waals surface area contributed by atoms with Gasteiger partial charge in [0.25, 0.3) is 0 Å². The number of hydrogen-bond acceptors (Lipinski definition) is 2. The molecule has 0 radical (unpaired) electrons. The van der Waals surface area contributed by atoms with Gasteiger partial charge in [-0.3, -0.25) is 0 Å². The standard InChI is InChI=1S/C16H26N2/c1-13-7-6-8-14(11-13)18-16(12-17)10-5-4-9-15(16,2)3/h6-8,11,18H,4-5,9-10,12,17H2,1-3H3. The van der Waals surface area contributed by atoms with E-state index < -0.39 is 0 Å². The van der Waals surface area contributed by atoms with Crippen LogP contribution in [-0.2, 0) is 0 Å². The largest absolute Gasteiger partial charge is 0.378 e. The molecule has 1 aliphatic rings. The van der Waals surface area contributed by atoms with E-state index in [1.807, 2.05) is 0 Å². The summed E-state index contributed by atoms with van der Waals surface area (Å²) in [5.41, 5.74) is 8.93. The molecular formula is C16H26N2. The van der Waals surface area contributed by atoms with E-state index in [9.17, 15) is 0 Å². The second-order valence-electron chi connectivity index (χ2n) is 6.37. The molecule has 0 saturated heterocycles. The molecule has 0 heterocycles. The first-order valence-corrected chi connectivity index (χ1v) is 7.04. The Bertz CT molecular complexity index is 411. The van der Waals surface area contributed by atoms with Crippen LogP contribution in [0.4, 0.5) is 5.69 Å². The zero-order valence-corrected chi connectivity index (χ0v) is 11.9. The maximum absolute atomic E-state index is 6.14. The summed E-state index contributed by atoms with van der Waals surface area (Å²) in [6.07, 6.45) is 5.02. The normalized spacial score (nSPS) is 26.9. The minimum atomic E-state index is 0.0407. The Morgan fingerprint density at radius 2 is 1.94 bits per heavy atom. The summed E-state index contributed by atoms with van der Waals surface area (Å²) in [6, 6.07) is 8.60. The molecule has 0 amide bonds. The molecule has 2 nitrogen and oxygen atoms in total. The van der Waals surface area contributed by atoms with Gasteiger partial charge in [-0.15, -0.1) is 0 Å². The van der Waals surface area contributed by atoms with Crippen molar-refractivity contribution >= 4 is 5.69 Å². The lowest BCUT2D eigenvalue weighted by Crippen LogP contribution is -2.58. The molecule has 3 N–H and O–H groups in total. The number of aryl methyl sites for hydroxylation is 1. The highest BCUT2D eigenvalue weighted by molar-refractivity contribution is 5.48. The molecule has 0 aromatic heterocycles. The summed E-state index contributed by atoms with van der Waals surface area (Å²) in [5, 5.41) is 3.75. The van der Waals surface area contributed by atoms with Crippen molar-refractivity contribution in [1.82, 2.24) is 0 Å². The zero-order valence-electron chi connectivity index (χ0n) is 11.9. The summed E-state index contributed by atoms with van der Waals surface area (Å²) < 4.78 is 0. The van der Waals surface area contributed by atoms with Crippen molar-refractivity contribution < 1.29 is 0 Å². The first kappa shape index (κ1) is 13.4. The van der Waals surface area contributed by atoms with Crippen molar-refractivity contribution in [2.24, 2.45) is 11.1 Å². The smallest absolute Gasteiger partial charge is 0.0546 e. The highest BCUT2D eigenvalue weighted by Gasteiger charge is 2.45. The van der Waals surface area contributed by atoms with Crippen molar-refractivity contribution in [2.45, 2.75) is 52.0 Å². The van der Waals surface area contributed by atoms with Gasteiger partial charge in [-0.25, -0.2) is 0 Å². The minimum absolute atomic E-state index is 0.0407. The van der Waals surface area contributed by atoms with E-state index in [4.69, 9.17) is 5.73 Å². The van der Waals surface area contributed by atoms with Gasteiger partial charge in [0.15, 0.2) is 0 Å². The summed E-state index contributed by atoms with van der Waals surface area (Å²) in [7, 11) is 0.